The monoisotopic (exact) mass is 540 g/mol. The van der Waals surface area contributed by atoms with Gasteiger partial charge in [0.1, 0.15) is 5.82 Å². The molecule has 1 aliphatic rings. The molecule has 0 radical (unpaired) electrons. The Hall–Kier alpha value is -2.60. The van der Waals surface area contributed by atoms with Crippen LogP contribution in [-0.4, -0.2) is 55.0 Å². The standard InChI is InChI=1S/C33H53FN4O/c1-9-11-13-31(35)32(21-27-15-23(3)16-30(34)20-27)36-33(39)28(18-25(5)37(7)14-12-10-2)19-26(6)38(8)22-29-17-24(29)4/h15-16,18-20,24,29,31-32H,6,9-14,17,21-22,35H2,1-5,7-8H3,(H,36,39)/b25-18+,28-19+/t24?,29?,31?,32-/m0/s1. The molecule has 0 aliphatic heterocycles. The maximum absolute atomic E-state index is 14.2. The molecular formula is C33H53FN4O. The highest BCUT2D eigenvalue weighted by molar-refractivity contribution is 5.97. The zero-order chi connectivity index (χ0) is 29.1. The Morgan fingerprint density at radius 1 is 1.18 bits per heavy atom. The molecule has 1 amide bonds. The highest BCUT2D eigenvalue weighted by Crippen LogP contribution is 2.38. The zero-order valence-electron chi connectivity index (χ0n) is 25.5. The lowest BCUT2D eigenvalue weighted by atomic mass is 9.95. The first kappa shape index (κ1) is 32.6. The van der Waals surface area contributed by atoms with Crippen LogP contribution < -0.4 is 11.1 Å². The first-order chi connectivity index (χ1) is 18.4. The van der Waals surface area contributed by atoms with E-state index >= 15 is 0 Å². The molecular weight excluding hydrogens is 487 g/mol. The van der Waals surface area contributed by atoms with E-state index in [0.717, 1.165) is 73.6 Å². The van der Waals surface area contributed by atoms with Crippen LogP contribution in [0, 0.1) is 24.6 Å². The first-order valence-electron chi connectivity index (χ1n) is 14.8. The maximum Gasteiger partial charge on any atom is 0.251 e. The molecule has 218 valence electrons. The Morgan fingerprint density at radius 2 is 1.85 bits per heavy atom. The molecule has 5 nitrogen and oxygen atoms in total. The van der Waals surface area contributed by atoms with Gasteiger partial charge in [-0.2, -0.15) is 0 Å². The van der Waals surface area contributed by atoms with E-state index in [1.807, 2.05) is 39.1 Å². The third kappa shape index (κ3) is 11.2. The van der Waals surface area contributed by atoms with Gasteiger partial charge in [-0.3, -0.25) is 4.79 Å². The zero-order valence-corrected chi connectivity index (χ0v) is 25.5. The number of aryl methyl sites for hydroxylation is 1. The van der Waals surface area contributed by atoms with Gasteiger partial charge in [-0.1, -0.05) is 52.7 Å². The lowest BCUT2D eigenvalue weighted by Gasteiger charge is -2.27. The van der Waals surface area contributed by atoms with Crippen LogP contribution in [0.15, 0.2) is 53.9 Å². The molecule has 0 bridgehead atoms. The van der Waals surface area contributed by atoms with E-state index in [4.69, 9.17) is 5.73 Å². The van der Waals surface area contributed by atoms with Crippen molar-refractivity contribution in [3.63, 3.8) is 0 Å². The minimum Gasteiger partial charge on any atom is -0.378 e. The molecule has 3 N–H and O–H groups in total. The maximum atomic E-state index is 14.2. The predicted molar refractivity (Wildman–Crippen MR) is 163 cm³/mol. The summed E-state index contributed by atoms with van der Waals surface area (Å²) in [5.74, 6) is 0.983. The Bertz CT molecular complexity index is 997. The molecule has 39 heavy (non-hydrogen) atoms. The molecule has 2 rings (SSSR count). The molecule has 1 aromatic carbocycles. The van der Waals surface area contributed by atoms with Gasteiger partial charge in [0.2, 0.25) is 0 Å². The van der Waals surface area contributed by atoms with Gasteiger partial charge in [0.05, 0.1) is 0 Å². The molecule has 0 heterocycles. The first-order valence-corrected chi connectivity index (χ1v) is 14.8. The fourth-order valence-corrected chi connectivity index (χ4v) is 4.88. The smallest absolute Gasteiger partial charge is 0.251 e. The Morgan fingerprint density at radius 3 is 2.44 bits per heavy atom. The molecule has 4 atom stereocenters. The minimum atomic E-state index is -0.321. The van der Waals surface area contributed by atoms with Crippen molar-refractivity contribution in [2.75, 3.05) is 27.2 Å². The summed E-state index contributed by atoms with van der Waals surface area (Å²) in [6, 6.07) is 4.46. The largest absolute Gasteiger partial charge is 0.378 e. The number of likely N-dealkylation sites (N-methyl/N-ethyl adjacent to an activating group) is 1. The highest BCUT2D eigenvalue weighted by Gasteiger charge is 2.33. The van der Waals surface area contributed by atoms with Crippen molar-refractivity contribution in [2.24, 2.45) is 17.6 Å². The summed E-state index contributed by atoms with van der Waals surface area (Å²) in [5, 5.41) is 3.23. The quantitative estimate of drug-likeness (QED) is 0.179. The summed E-state index contributed by atoms with van der Waals surface area (Å²) < 4.78 is 14.2. The molecule has 1 fully saturated rings. The van der Waals surface area contributed by atoms with Crippen molar-refractivity contribution in [3.8, 4) is 0 Å². The van der Waals surface area contributed by atoms with Crippen LogP contribution in [0.2, 0.25) is 0 Å². The van der Waals surface area contributed by atoms with Crippen LogP contribution in [0.5, 0.6) is 0 Å². The van der Waals surface area contributed by atoms with Gasteiger partial charge in [0.15, 0.2) is 0 Å². The number of benzene rings is 1. The average Bonchev–Trinajstić information content (AvgIpc) is 3.57. The molecule has 1 saturated carbocycles. The van der Waals surface area contributed by atoms with Gasteiger partial charge < -0.3 is 20.9 Å². The SMILES string of the molecule is C=C(/C=C(\C=C(/C)N(C)CCCC)C(=O)N[C@@H](Cc1cc(C)cc(F)c1)C(N)CCCC)N(C)CC1CC1C. The summed E-state index contributed by atoms with van der Waals surface area (Å²) in [6.07, 6.45) is 10.5. The summed E-state index contributed by atoms with van der Waals surface area (Å²) in [6.45, 7) is 16.6. The van der Waals surface area contributed by atoms with Gasteiger partial charge >= 0.3 is 0 Å². The van der Waals surface area contributed by atoms with Crippen LogP contribution in [0.4, 0.5) is 4.39 Å². The lowest BCUT2D eigenvalue weighted by molar-refractivity contribution is -0.118. The number of hydrogen-bond acceptors (Lipinski definition) is 4. The van der Waals surface area contributed by atoms with Gasteiger partial charge in [-0.25, -0.2) is 4.39 Å². The lowest BCUT2D eigenvalue weighted by Crippen LogP contribution is -2.49. The number of unbranched alkanes of at least 4 members (excludes halogenated alkanes) is 2. The number of allylic oxidation sites excluding steroid dienone is 2. The van der Waals surface area contributed by atoms with Crippen molar-refractivity contribution in [2.45, 2.75) is 91.6 Å². The van der Waals surface area contributed by atoms with Crippen LogP contribution in [0.1, 0.15) is 77.3 Å². The van der Waals surface area contributed by atoms with Crippen LogP contribution in [0.3, 0.4) is 0 Å². The second-order valence-electron chi connectivity index (χ2n) is 11.7. The highest BCUT2D eigenvalue weighted by atomic mass is 19.1. The summed E-state index contributed by atoms with van der Waals surface area (Å²) in [7, 11) is 4.10. The molecule has 6 heteroatoms. The third-order valence-corrected chi connectivity index (χ3v) is 7.95. The van der Waals surface area contributed by atoms with Crippen LogP contribution in [-0.2, 0) is 11.2 Å². The number of nitrogens with one attached hydrogen (secondary N) is 1. The Labute approximate surface area is 237 Å². The molecule has 0 spiro atoms. The fourth-order valence-electron chi connectivity index (χ4n) is 4.88. The summed E-state index contributed by atoms with van der Waals surface area (Å²) >= 11 is 0. The molecule has 0 aromatic heterocycles. The summed E-state index contributed by atoms with van der Waals surface area (Å²) in [4.78, 5) is 18.2. The van der Waals surface area contributed by atoms with Crippen molar-refractivity contribution in [1.29, 1.82) is 0 Å². The predicted octanol–water partition coefficient (Wildman–Crippen LogP) is 6.34. The van der Waals surface area contributed by atoms with E-state index in [-0.39, 0.29) is 23.8 Å². The topological polar surface area (TPSA) is 61.6 Å². The number of carbonyl (C=O) groups is 1. The number of rotatable bonds is 17. The van der Waals surface area contributed by atoms with Crippen molar-refractivity contribution < 1.29 is 9.18 Å². The molecule has 3 unspecified atom stereocenters. The molecule has 1 aliphatic carbocycles. The Balaban J connectivity index is 2.33. The number of carbonyl (C=O) groups excluding carboxylic acids is 1. The normalized spacial score (nSPS) is 18.9. The molecule has 1 aromatic rings. The van der Waals surface area contributed by atoms with E-state index < -0.39 is 0 Å². The Kier molecular flexibility index (Phi) is 13.3. The third-order valence-electron chi connectivity index (χ3n) is 7.95. The van der Waals surface area contributed by atoms with Gasteiger partial charge in [0, 0.05) is 56.2 Å². The van der Waals surface area contributed by atoms with E-state index in [0.29, 0.717) is 17.9 Å². The molecule has 0 saturated heterocycles. The average molecular weight is 541 g/mol. The second kappa shape index (κ2) is 15.9. The number of amides is 1. The second-order valence-corrected chi connectivity index (χ2v) is 11.7. The van der Waals surface area contributed by atoms with Crippen LogP contribution in [0.25, 0.3) is 0 Å². The number of halogens is 1. The van der Waals surface area contributed by atoms with Gasteiger partial charge in [0.25, 0.3) is 5.91 Å². The number of hydrogen-bond donors (Lipinski definition) is 2. The van der Waals surface area contributed by atoms with Crippen molar-refractivity contribution in [3.05, 3.63) is 70.8 Å². The van der Waals surface area contributed by atoms with Crippen molar-refractivity contribution in [1.82, 2.24) is 15.1 Å². The van der Waals surface area contributed by atoms with E-state index in [9.17, 15) is 9.18 Å². The van der Waals surface area contributed by atoms with E-state index in [1.165, 1.54) is 18.6 Å². The van der Waals surface area contributed by atoms with Crippen LogP contribution >= 0.6 is 0 Å². The van der Waals surface area contributed by atoms with Gasteiger partial charge in [-0.05, 0) is 86.8 Å². The van der Waals surface area contributed by atoms with E-state index in [2.05, 4.69) is 49.5 Å². The van der Waals surface area contributed by atoms with Gasteiger partial charge in [-0.15, -0.1) is 0 Å². The minimum absolute atomic E-state index is 0.183. The fraction of sp³-hybridized carbons (Fsp3) is 0.606. The summed E-state index contributed by atoms with van der Waals surface area (Å²) in [5.41, 5.74) is 10.7. The van der Waals surface area contributed by atoms with Crippen molar-refractivity contribution >= 4 is 5.91 Å². The number of nitrogens with two attached hydrogens (primary N) is 1. The van der Waals surface area contributed by atoms with E-state index in [1.54, 1.807) is 0 Å². The number of nitrogens with zero attached hydrogens (tertiary/aromatic N) is 2.